The highest BCUT2D eigenvalue weighted by Gasteiger charge is 1.99. The number of rotatable bonds is 6. The molecule has 2 aromatic carbocycles. The number of H-pyrrole nitrogens is 1. The van der Waals surface area contributed by atoms with E-state index in [4.69, 9.17) is 4.74 Å². The minimum atomic E-state index is 0.530. The van der Waals surface area contributed by atoms with Gasteiger partial charge in [0.15, 0.2) is 0 Å². The first-order valence-electron chi connectivity index (χ1n) is 6.85. The van der Waals surface area contributed by atoms with Crippen LogP contribution in [0.1, 0.15) is 5.56 Å². The zero-order chi connectivity index (χ0) is 14.5. The van der Waals surface area contributed by atoms with Crippen LogP contribution in [0, 0.1) is 0 Å². The van der Waals surface area contributed by atoms with Crippen molar-refractivity contribution in [2.75, 3.05) is 11.9 Å². The third-order valence-corrected chi connectivity index (χ3v) is 3.23. The van der Waals surface area contributed by atoms with E-state index >= 15 is 0 Å². The summed E-state index contributed by atoms with van der Waals surface area (Å²) in [5, 5.41) is 11.5. The Balaban J connectivity index is 1.62. The summed E-state index contributed by atoms with van der Waals surface area (Å²) in [5.74, 6) is 0.860. The van der Waals surface area contributed by atoms with Gasteiger partial charge in [-0.05, 0) is 35.9 Å². The van der Waals surface area contributed by atoms with E-state index in [1.165, 1.54) is 5.56 Å². The van der Waals surface area contributed by atoms with Gasteiger partial charge in [-0.2, -0.15) is 5.10 Å². The van der Waals surface area contributed by atoms with Crippen molar-refractivity contribution in [3.05, 3.63) is 66.9 Å². The summed E-state index contributed by atoms with van der Waals surface area (Å²) >= 11 is 0. The Morgan fingerprint density at radius 2 is 2.05 bits per heavy atom. The maximum absolute atomic E-state index is 5.46. The first-order chi connectivity index (χ1) is 10.3. The number of nitrogens with one attached hydrogen (secondary N) is 2. The summed E-state index contributed by atoms with van der Waals surface area (Å²) in [6.45, 7) is 4.93. The van der Waals surface area contributed by atoms with Crippen molar-refractivity contribution >= 4 is 16.6 Å². The number of ether oxygens (including phenoxy) is 1. The lowest BCUT2D eigenvalue weighted by atomic mass is 10.2. The zero-order valence-electron chi connectivity index (χ0n) is 11.7. The smallest absolute Gasteiger partial charge is 0.119 e. The molecule has 0 unspecified atom stereocenters. The van der Waals surface area contributed by atoms with E-state index in [0.29, 0.717) is 6.61 Å². The van der Waals surface area contributed by atoms with Crippen LogP contribution in [0.2, 0.25) is 0 Å². The maximum atomic E-state index is 5.46. The topological polar surface area (TPSA) is 49.9 Å². The molecule has 0 spiro atoms. The molecule has 0 amide bonds. The Morgan fingerprint density at radius 1 is 1.19 bits per heavy atom. The molecule has 3 aromatic rings. The van der Waals surface area contributed by atoms with Gasteiger partial charge in [0.1, 0.15) is 12.4 Å². The standard InChI is InChI=1S/C17H17N3O/c1-2-9-21-16-6-3-13(4-7-16)11-18-15-5-8-17-14(10-15)12-19-20-17/h2-8,10,12,18H,1,9,11H2,(H,19,20). The number of anilines is 1. The number of hydrogen-bond donors (Lipinski definition) is 2. The lowest BCUT2D eigenvalue weighted by Crippen LogP contribution is -1.99. The highest BCUT2D eigenvalue weighted by atomic mass is 16.5. The van der Waals surface area contributed by atoms with Crippen LogP contribution in [-0.2, 0) is 6.54 Å². The van der Waals surface area contributed by atoms with E-state index in [-0.39, 0.29) is 0 Å². The molecule has 0 aliphatic heterocycles. The van der Waals surface area contributed by atoms with Crippen molar-refractivity contribution in [3.8, 4) is 5.75 Å². The number of hydrogen-bond acceptors (Lipinski definition) is 3. The minimum Gasteiger partial charge on any atom is -0.490 e. The second-order valence-electron chi connectivity index (χ2n) is 4.77. The van der Waals surface area contributed by atoms with Gasteiger partial charge in [-0.15, -0.1) is 0 Å². The molecule has 3 rings (SSSR count). The van der Waals surface area contributed by atoms with Crippen LogP contribution in [-0.4, -0.2) is 16.8 Å². The summed E-state index contributed by atoms with van der Waals surface area (Å²) in [6.07, 6.45) is 3.56. The van der Waals surface area contributed by atoms with Gasteiger partial charge >= 0.3 is 0 Å². The number of aromatic amines is 1. The molecule has 0 radical (unpaired) electrons. The third kappa shape index (κ3) is 3.23. The fourth-order valence-corrected chi connectivity index (χ4v) is 2.12. The average Bonchev–Trinajstić information content (AvgIpc) is 2.99. The molecule has 106 valence electrons. The van der Waals surface area contributed by atoms with Crippen molar-refractivity contribution in [2.24, 2.45) is 0 Å². The number of benzene rings is 2. The van der Waals surface area contributed by atoms with Gasteiger partial charge in [0.2, 0.25) is 0 Å². The molecular weight excluding hydrogens is 262 g/mol. The van der Waals surface area contributed by atoms with Crippen molar-refractivity contribution in [1.29, 1.82) is 0 Å². The second-order valence-corrected chi connectivity index (χ2v) is 4.77. The van der Waals surface area contributed by atoms with Crippen molar-refractivity contribution in [1.82, 2.24) is 10.2 Å². The Labute approximate surface area is 123 Å². The predicted octanol–water partition coefficient (Wildman–Crippen LogP) is 3.74. The number of fused-ring (bicyclic) bond motifs is 1. The maximum Gasteiger partial charge on any atom is 0.119 e. The van der Waals surface area contributed by atoms with E-state index in [1.807, 2.05) is 30.5 Å². The van der Waals surface area contributed by atoms with Gasteiger partial charge < -0.3 is 10.1 Å². The van der Waals surface area contributed by atoms with Crippen LogP contribution >= 0.6 is 0 Å². The van der Waals surface area contributed by atoms with Crippen LogP contribution in [0.3, 0.4) is 0 Å². The SMILES string of the molecule is C=CCOc1ccc(CNc2ccc3[nH]ncc3c2)cc1. The molecule has 0 saturated heterocycles. The Kier molecular flexibility index (Phi) is 3.87. The van der Waals surface area contributed by atoms with Crippen molar-refractivity contribution in [3.63, 3.8) is 0 Å². The van der Waals surface area contributed by atoms with Gasteiger partial charge in [0.05, 0.1) is 11.7 Å². The molecule has 4 nitrogen and oxygen atoms in total. The van der Waals surface area contributed by atoms with Gasteiger partial charge in [-0.25, -0.2) is 0 Å². The van der Waals surface area contributed by atoms with Gasteiger partial charge in [0, 0.05) is 17.6 Å². The molecule has 0 aliphatic carbocycles. The minimum absolute atomic E-state index is 0.530. The Morgan fingerprint density at radius 3 is 2.86 bits per heavy atom. The van der Waals surface area contributed by atoms with E-state index in [1.54, 1.807) is 6.08 Å². The average molecular weight is 279 g/mol. The molecule has 0 aliphatic rings. The molecule has 1 heterocycles. The molecule has 21 heavy (non-hydrogen) atoms. The van der Waals surface area contributed by atoms with Crippen LogP contribution in [0.4, 0.5) is 5.69 Å². The van der Waals surface area contributed by atoms with Gasteiger partial charge in [-0.3, -0.25) is 5.10 Å². The lowest BCUT2D eigenvalue weighted by Gasteiger charge is -2.08. The molecule has 2 N–H and O–H groups in total. The summed E-state index contributed by atoms with van der Waals surface area (Å²) in [5.41, 5.74) is 3.33. The summed E-state index contributed by atoms with van der Waals surface area (Å²) in [6, 6.07) is 14.2. The van der Waals surface area contributed by atoms with E-state index in [9.17, 15) is 0 Å². The van der Waals surface area contributed by atoms with E-state index < -0.39 is 0 Å². The quantitative estimate of drug-likeness (QED) is 0.676. The molecule has 1 aromatic heterocycles. The monoisotopic (exact) mass is 279 g/mol. The normalized spacial score (nSPS) is 10.5. The van der Waals surface area contributed by atoms with Crippen LogP contribution in [0.25, 0.3) is 10.9 Å². The third-order valence-electron chi connectivity index (χ3n) is 3.23. The first kappa shape index (κ1) is 13.2. The summed E-state index contributed by atoms with van der Waals surface area (Å²) in [7, 11) is 0. The van der Waals surface area contributed by atoms with Crippen molar-refractivity contribution in [2.45, 2.75) is 6.54 Å². The summed E-state index contributed by atoms with van der Waals surface area (Å²) < 4.78 is 5.46. The van der Waals surface area contributed by atoms with Gasteiger partial charge in [0.25, 0.3) is 0 Å². The molecule has 0 bridgehead atoms. The number of nitrogens with zero attached hydrogens (tertiary/aromatic N) is 1. The van der Waals surface area contributed by atoms with Crippen LogP contribution < -0.4 is 10.1 Å². The summed E-state index contributed by atoms with van der Waals surface area (Å²) in [4.78, 5) is 0. The molecule has 0 atom stereocenters. The Bertz CT molecular complexity index is 731. The van der Waals surface area contributed by atoms with Crippen molar-refractivity contribution < 1.29 is 4.74 Å². The highest BCUT2D eigenvalue weighted by Crippen LogP contribution is 2.18. The zero-order valence-corrected chi connectivity index (χ0v) is 11.7. The predicted molar refractivity (Wildman–Crippen MR) is 85.6 cm³/mol. The lowest BCUT2D eigenvalue weighted by molar-refractivity contribution is 0.363. The van der Waals surface area contributed by atoms with Crippen LogP contribution in [0.5, 0.6) is 5.75 Å². The first-order valence-corrected chi connectivity index (χ1v) is 6.85. The Hall–Kier alpha value is -2.75. The van der Waals surface area contributed by atoms with E-state index in [0.717, 1.165) is 28.9 Å². The fourth-order valence-electron chi connectivity index (χ4n) is 2.12. The highest BCUT2D eigenvalue weighted by molar-refractivity contribution is 5.81. The molecule has 0 fully saturated rings. The second kappa shape index (κ2) is 6.13. The largest absolute Gasteiger partial charge is 0.490 e. The van der Waals surface area contributed by atoms with Gasteiger partial charge in [-0.1, -0.05) is 24.8 Å². The number of aromatic nitrogens is 2. The molecule has 0 saturated carbocycles. The molecular formula is C17H17N3O. The van der Waals surface area contributed by atoms with E-state index in [2.05, 4.69) is 40.3 Å². The molecule has 4 heteroatoms. The fraction of sp³-hybridized carbons (Fsp3) is 0.118. The van der Waals surface area contributed by atoms with Crippen LogP contribution in [0.15, 0.2) is 61.3 Å².